The van der Waals surface area contributed by atoms with Gasteiger partial charge in [-0.05, 0) is 58.6 Å². The Morgan fingerprint density at radius 3 is 2.19 bits per heavy atom. The Kier molecular flexibility index (Phi) is 13.9. The van der Waals surface area contributed by atoms with Gasteiger partial charge >= 0.3 is 29.8 Å². The van der Waals surface area contributed by atoms with E-state index in [1.807, 2.05) is 6.92 Å². The van der Waals surface area contributed by atoms with Crippen LogP contribution in [-0.2, 0) is 42.9 Å². The van der Waals surface area contributed by atoms with Crippen molar-refractivity contribution in [3.05, 3.63) is 22.8 Å². The average Bonchev–Trinajstić information content (AvgIpc) is 3.22. The molecule has 14 heteroatoms. The predicted octanol–water partition coefficient (Wildman–Crippen LogP) is 2.42. The van der Waals surface area contributed by atoms with Crippen molar-refractivity contribution < 1.29 is 68.5 Å². The summed E-state index contributed by atoms with van der Waals surface area (Å²) < 4.78 is 23.0. The van der Waals surface area contributed by atoms with Gasteiger partial charge in [0, 0.05) is 25.3 Å². The summed E-state index contributed by atoms with van der Waals surface area (Å²) in [5.41, 5.74) is -8.39. The Morgan fingerprint density at radius 2 is 1.67 bits per heavy atom. The Bertz CT molecular complexity index is 1280. The fourth-order valence-corrected chi connectivity index (χ4v) is 6.61. The number of esters is 4. The number of aliphatic carboxylic acids is 1. The standard InChI is InChI=1S/C34H52O14/c1-9-12-13-15-21(36)16-24(38)46-28-26-25(19(5)27(28)47-30(40)18(4)11-3)29(39)34(44,33(8,43)31(41)42)22(45-23(37)14-10-2)17-32(26,7)48-20(6)35/h11,21-22,26-29,36,39,43-44H,9-10,12-17H2,1-8H3,(H,41,42)/b18-11-/t21-,22+,26-,27+,28+,29+,32+,33-,34-/m1/s1. The fourth-order valence-electron chi connectivity index (χ4n) is 6.61. The number of aliphatic hydroxyl groups excluding tert-OH is 2. The van der Waals surface area contributed by atoms with Crippen LogP contribution in [0, 0.1) is 5.92 Å². The van der Waals surface area contributed by atoms with Crippen LogP contribution < -0.4 is 0 Å². The zero-order valence-corrected chi connectivity index (χ0v) is 29.1. The van der Waals surface area contributed by atoms with Gasteiger partial charge in [-0.15, -0.1) is 0 Å². The lowest BCUT2D eigenvalue weighted by Crippen LogP contribution is -2.70. The number of hydrogen-bond acceptors (Lipinski definition) is 13. The molecule has 0 amide bonds. The summed E-state index contributed by atoms with van der Waals surface area (Å²) in [4.78, 5) is 64.3. The van der Waals surface area contributed by atoms with Gasteiger partial charge in [0.05, 0.1) is 18.4 Å². The number of carbonyl (C=O) groups excluding carboxylic acids is 4. The minimum absolute atomic E-state index is 0.00423. The molecule has 0 saturated heterocycles. The summed E-state index contributed by atoms with van der Waals surface area (Å²) in [6, 6.07) is 0. The summed E-state index contributed by atoms with van der Waals surface area (Å²) in [7, 11) is 0. The first-order chi connectivity index (χ1) is 22.2. The van der Waals surface area contributed by atoms with Crippen LogP contribution in [-0.4, -0.2) is 103 Å². The van der Waals surface area contributed by atoms with Crippen LogP contribution in [0.15, 0.2) is 22.8 Å². The van der Waals surface area contributed by atoms with E-state index in [-0.39, 0.29) is 23.1 Å². The van der Waals surface area contributed by atoms with Crippen LogP contribution in [0.3, 0.4) is 0 Å². The number of unbranched alkanes of at least 4 members (excludes halogenated alkanes) is 2. The molecule has 0 aliphatic heterocycles. The monoisotopic (exact) mass is 684 g/mol. The van der Waals surface area contributed by atoms with Crippen molar-refractivity contribution in [2.45, 2.75) is 154 Å². The highest BCUT2D eigenvalue weighted by molar-refractivity contribution is 5.88. The minimum Gasteiger partial charge on any atom is -0.479 e. The zero-order valence-electron chi connectivity index (χ0n) is 29.1. The summed E-state index contributed by atoms with van der Waals surface area (Å²) in [6.45, 7) is 11.2. The Labute approximate surface area is 281 Å². The number of ether oxygens (including phenoxy) is 4. The van der Waals surface area contributed by atoms with Crippen LogP contribution in [0.2, 0.25) is 0 Å². The number of hydrogen-bond donors (Lipinski definition) is 5. The summed E-state index contributed by atoms with van der Waals surface area (Å²) >= 11 is 0. The van der Waals surface area contributed by atoms with Gasteiger partial charge in [0.25, 0.3) is 0 Å². The largest absolute Gasteiger partial charge is 0.479 e. The lowest BCUT2D eigenvalue weighted by Gasteiger charge is -2.45. The van der Waals surface area contributed by atoms with Crippen LogP contribution in [0.1, 0.15) is 107 Å². The predicted molar refractivity (Wildman–Crippen MR) is 169 cm³/mol. The second kappa shape index (κ2) is 16.4. The number of carbonyl (C=O) groups is 5. The highest BCUT2D eigenvalue weighted by Crippen LogP contribution is 2.54. The third-order valence-electron chi connectivity index (χ3n) is 9.40. The number of carboxylic acids is 1. The van der Waals surface area contributed by atoms with Gasteiger partial charge in [0.1, 0.15) is 17.8 Å². The molecule has 2 aliphatic carbocycles. The molecule has 0 aromatic heterocycles. The molecule has 1 fully saturated rings. The minimum atomic E-state index is -3.19. The summed E-state index contributed by atoms with van der Waals surface area (Å²) in [5, 5.41) is 56.2. The van der Waals surface area contributed by atoms with E-state index in [2.05, 4.69) is 0 Å². The van der Waals surface area contributed by atoms with E-state index in [0.29, 0.717) is 19.3 Å². The number of allylic oxidation sites excluding steroid dienone is 1. The highest BCUT2D eigenvalue weighted by atomic mass is 16.6. The Morgan fingerprint density at radius 1 is 1.04 bits per heavy atom. The molecule has 5 N–H and O–H groups in total. The van der Waals surface area contributed by atoms with Gasteiger partial charge in [-0.1, -0.05) is 39.2 Å². The summed E-state index contributed by atoms with van der Waals surface area (Å²) in [5.74, 6) is -6.93. The van der Waals surface area contributed by atoms with Crippen molar-refractivity contribution in [2.75, 3.05) is 0 Å². The van der Waals surface area contributed by atoms with Gasteiger partial charge in [-0.3, -0.25) is 14.4 Å². The molecular weight excluding hydrogens is 632 g/mol. The number of fused-ring (bicyclic) bond motifs is 1. The van der Waals surface area contributed by atoms with E-state index in [0.717, 1.165) is 26.7 Å². The topological polar surface area (TPSA) is 223 Å². The van der Waals surface area contributed by atoms with E-state index in [9.17, 15) is 49.5 Å². The third kappa shape index (κ3) is 8.44. The molecule has 0 radical (unpaired) electrons. The van der Waals surface area contributed by atoms with Crippen molar-refractivity contribution in [2.24, 2.45) is 5.92 Å². The maximum Gasteiger partial charge on any atom is 0.338 e. The average molecular weight is 685 g/mol. The normalized spacial score (nSPS) is 30.8. The first-order valence-electron chi connectivity index (χ1n) is 16.4. The first kappa shape index (κ1) is 40.8. The SMILES string of the molecule is C/C=C(/C)C(=O)O[C@H]1C(C)=C2[C@H]([C@@H]1OC(=O)C[C@H](O)CCCCC)[C@@](C)(OC(C)=O)C[C@H](OC(=O)CCC)[C@](O)([C@](C)(O)C(=O)O)[C@H]2O. The molecule has 0 spiro atoms. The number of rotatable bonds is 15. The Balaban J connectivity index is 2.89. The molecule has 14 nitrogen and oxygen atoms in total. The van der Waals surface area contributed by atoms with Crippen LogP contribution in [0.4, 0.5) is 0 Å². The quantitative estimate of drug-likeness (QED) is 0.0550. The van der Waals surface area contributed by atoms with Crippen molar-refractivity contribution in [3.63, 3.8) is 0 Å². The molecule has 1 saturated carbocycles. The molecular formula is C34H52O14. The van der Waals surface area contributed by atoms with Gasteiger partial charge in [0.15, 0.2) is 23.4 Å². The number of aliphatic hydroxyl groups is 4. The molecule has 0 aromatic carbocycles. The molecule has 9 atom stereocenters. The summed E-state index contributed by atoms with van der Waals surface area (Å²) in [6.07, 6.45) is -5.28. The first-order valence-corrected chi connectivity index (χ1v) is 16.4. The lowest BCUT2D eigenvalue weighted by molar-refractivity contribution is -0.247. The van der Waals surface area contributed by atoms with Crippen molar-refractivity contribution in [1.29, 1.82) is 0 Å². The second-order valence-electron chi connectivity index (χ2n) is 13.2. The van der Waals surface area contributed by atoms with Crippen molar-refractivity contribution in [3.8, 4) is 0 Å². The van der Waals surface area contributed by atoms with Crippen molar-refractivity contribution in [1.82, 2.24) is 0 Å². The molecule has 272 valence electrons. The van der Waals surface area contributed by atoms with E-state index < -0.39 is 95.9 Å². The second-order valence-corrected chi connectivity index (χ2v) is 13.2. The van der Waals surface area contributed by atoms with E-state index in [4.69, 9.17) is 18.9 Å². The van der Waals surface area contributed by atoms with Crippen LogP contribution in [0.25, 0.3) is 0 Å². The molecule has 0 heterocycles. The third-order valence-corrected chi connectivity index (χ3v) is 9.40. The molecule has 2 aliphatic rings. The lowest BCUT2D eigenvalue weighted by atomic mass is 9.73. The van der Waals surface area contributed by atoms with E-state index >= 15 is 0 Å². The highest BCUT2D eigenvalue weighted by Gasteiger charge is 2.71. The van der Waals surface area contributed by atoms with Gasteiger partial charge in [0.2, 0.25) is 0 Å². The zero-order chi connectivity index (χ0) is 36.8. The molecule has 0 aromatic rings. The fraction of sp³-hybridized carbons (Fsp3) is 0.735. The molecule has 2 rings (SSSR count). The smallest absolute Gasteiger partial charge is 0.338 e. The molecule has 0 unspecified atom stereocenters. The van der Waals surface area contributed by atoms with Crippen molar-refractivity contribution >= 4 is 29.8 Å². The molecule has 48 heavy (non-hydrogen) atoms. The van der Waals surface area contributed by atoms with Gasteiger partial charge in [-0.2, -0.15) is 0 Å². The van der Waals surface area contributed by atoms with Crippen LogP contribution >= 0.6 is 0 Å². The van der Waals surface area contributed by atoms with E-state index in [1.165, 1.54) is 26.8 Å². The van der Waals surface area contributed by atoms with E-state index in [1.54, 1.807) is 13.8 Å². The Hall–Kier alpha value is -3.33. The maximum atomic E-state index is 13.3. The number of carboxylic acid groups (broad SMARTS) is 1. The van der Waals surface area contributed by atoms with Crippen LogP contribution in [0.5, 0.6) is 0 Å². The molecule has 0 bridgehead atoms. The van der Waals surface area contributed by atoms with Gasteiger partial charge < -0.3 is 44.5 Å². The van der Waals surface area contributed by atoms with Gasteiger partial charge in [-0.25, -0.2) is 9.59 Å². The maximum absolute atomic E-state index is 13.3.